The average molecular weight is 415 g/mol. The zero-order valence-corrected chi connectivity index (χ0v) is 16.6. The molecule has 3 aromatic rings. The van der Waals surface area contributed by atoms with E-state index in [-0.39, 0.29) is 28.8 Å². The summed E-state index contributed by atoms with van der Waals surface area (Å²) >= 11 is 5.78. The summed E-state index contributed by atoms with van der Waals surface area (Å²) in [6.07, 6.45) is 0. The Bertz CT molecular complexity index is 1030. The number of halogens is 1. The van der Waals surface area contributed by atoms with Gasteiger partial charge in [0, 0.05) is 11.1 Å². The molecule has 0 spiro atoms. The molecule has 8 heteroatoms. The van der Waals surface area contributed by atoms with E-state index in [1.54, 1.807) is 6.07 Å². The number of nitro benzene ring substituents is 1. The van der Waals surface area contributed by atoms with Gasteiger partial charge in [-0.15, -0.1) is 0 Å². The Labute approximate surface area is 172 Å². The number of rotatable bonds is 7. The van der Waals surface area contributed by atoms with Gasteiger partial charge in [-0.3, -0.25) is 14.9 Å². The Morgan fingerprint density at radius 1 is 1.17 bits per heavy atom. The molecule has 0 saturated carbocycles. The molecule has 7 nitrogen and oxygen atoms in total. The average Bonchev–Trinajstić information content (AvgIpc) is 3.17. The second-order valence-corrected chi connectivity index (χ2v) is 7.09. The van der Waals surface area contributed by atoms with E-state index in [4.69, 9.17) is 20.8 Å². The minimum absolute atomic E-state index is 0.0167. The van der Waals surface area contributed by atoms with Crippen molar-refractivity contribution in [1.29, 1.82) is 0 Å². The first kappa shape index (κ1) is 20.4. The van der Waals surface area contributed by atoms with Gasteiger partial charge in [0.1, 0.15) is 23.8 Å². The molecule has 2 aromatic carbocycles. The van der Waals surface area contributed by atoms with Crippen LogP contribution in [-0.4, -0.2) is 10.8 Å². The van der Waals surface area contributed by atoms with E-state index in [1.807, 2.05) is 24.3 Å². The summed E-state index contributed by atoms with van der Waals surface area (Å²) < 4.78 is 11.2. The zero-order chi connectivity index (χ0) is 21.0. The van der Waals surface area contributed by atoms with E-state index in [2.05, 4.69) is 19.2 Å². The molecule has 0 radical (unpaired) electrons. The van der Waals surface area contributed by atoms with E-state index < -0.39 is 10.8 Å². The molecule has 0 aliphatic carbocycles. The molecule has 1 heterocycles. The van der Waals surface area contributed by atoms with E-state index in [0.29, 0.717) is 17.4 Å². The largest absolute Gasteiger partial charge is 0.486 e. The lowest BCUT2D eigenvalue weighted by molar-refractivity contribution is -0.383. The molecule has 3 rings (SSSR count). The van der Waals surface area contributed by atoms with Crippen molar-refractivity contribution in [1.82, 2.24) is 0 Å². The zero-order valence-electron chi connectivity index (χ0n) is 15.8. The second kappa shape index (κ2) is 8.79. The molecule has 150 valence electrons. The Kier molecular flexibility index (Phi) is 6.19. The smallest absolute Gasteiger partial charge is 0.294 e. The van der Waals surface area contributed by atoms with Crippen molar-refractivity contribution in [3.05, 3.63) is 86.8 Å². The number of nitro groups is 1. The van der Waals surface area contributed by atoms with E-state index in [0.717, 1.165) is 0 Å². The van der Waals surface area contributed by atoms with Crippen molar-refractivity contribution in [2.45, 2.75) is 26.4 Å². The number of nitrogens with zero attached hydrogens (tertiary/aromatic N) is 1. The minimum Gasteiger partial charge on any atom is -0.486 e. The minimum atomic E-state index is -0.618. The molecule has 1 aromatic heterocycles. The van der Waals surface area contributed by atoms with Gasteiger partial charge in [-0.1, -0.05) is 37.6 Å². The molecule has 1 N–H and O–H groups in total. The molecule has 1 amide bonds. The molecule has 0 unspecified atom stereocenters. The van der Waals surface area contributed by atoms with Crippen LogP contribution in [0.4, 0.5) is 11.4 Å². The molecule has 0 aliphatic rings. The number of benzene rings is 2. The van der Waals surface area contributed by atoms with Crippen LogP contribution in [0.5, 0.6) is 5.75 Å². The van der Waals surface area contributed by atoms with Crippen LogP contribution in [-0.2, 0) is 6.61 Å². The van der Waals surface area contributed by atoms with Gasteiger partial charge in [-0.25, -0.2) is 0 Å². The number of nitrogens with one attached hydrogen (secondary N) is 1. The molecule has 0 fully saturated rings. The first-order chi connectivity index (χ1) is 13.8. The van der Waals surface area contributed by atoms with Gasteiger partial charge in [0.05, 0.1) is 4.92 Å². The van der Waals surface area contributed by atoms with E-state index >= 15 is 0 Å². The van der Waals surface area contributed by atoms with Gasteiger partial charge in [0.2, 0.25) is 0 Å². The summed E-state index contributed by atoms with van der Waals surface area (Å²) in [5.41, 5.74) is 0.945. The van der Waals surface area contributed by atoms with E-state index in [9.17, 15) is 14.9 Å². The second-order valence-electron chi connectivity index (χ2n) is 6.65. The Morgan fingerprint density at radius 2 is 1.90 bits per heavy atom. The normalized spacial score (nSPS) is 10.8. The van der Waals surface area contributed by atoms with Gasteiger partial charge >= 0.3 is 0 Å². The van der Waals surface area contributed by atoms with E-state index in [1.165, 1.54) is 29.8 Å². The quantitative estimate of drug-likeness (QED) is 0.389. The fraction of sp³-hybridized carbons (Fsp3) is 0.190. The highest BCUT2D eigenvalue weighted by atomic mass is 35.5. The van der Waals surface area contributed by atoms with Gasteiger partial charge in [0.15, 0.2) is 5.76 Å². The summed E-state index contributed by atoms with van der Waals surface area (Å²) in [6.45, 7) is 4.38. The molecule has 0 saturated heterocycles. The van der Waals surface area contributed by atoms with Gasteiger partial charge < -0.3 is 14.5 Å². The van der Waals surface area contributed by atoms with Crippen LogP contribution >= 0.6 is 11.6 Å². The van der Waals surface area contributed by atoms with Crippen LogP contribution < -0.4 is 10.1 Å². The number of anilines is 1. The number of ether oxygens (including phenoxy) is 1. The number of furan rings is 1. The fourth-order valence-electron chi connectivity index (χ4n) is 2.63. The SMILES string of the molecule is CC(C)c1ccc(OCc2ccc(C(=O)Nc3ccc(Cl)cc3[N+](=O)[O-])o2)cc1. The van der Waals surface area contributed by atoms with Crippen LogP contribution in [0, 0.1) is 10.1 Å². The van der Waals surface area contributed by atoms with Crippen molar-refractivity contribution in [2.75, 3.05) is 5.32 Å². The Hall–Kier alpha value is -3.32. The summed E-state index contributed by atoms with van der Waals surface area (Å²) in [7, 11) is 0. The summed E-state index contributed by atoms with van der Waals surface area (Å²) in [5, 5.41) is 13.8. The maximum absolute atomic E-state index is 12.4. The van der Waals surface area contributed by atoms with Crippen LogP contribution in [0.1, 0.15) is 41.6 Å². The predicted molar refractivity (Wildman–Crippen MR) is 110 cm³/mol. The standard InChI is InChI=1S/C21H19ClN2O5/c1-13(2)14-3-6-16(7-4-14)28-12-17-8-10-20(29-17)21(25)23-18-9-5-15(22)11-19(18)24(26)27/h3-11,13H,12H2,1-2H3,(H,23,25). The highest BCUT2D eigenvalue weighted by Gasteiger charge is 2.19. The lowest BCUT2D eigenvalue weighted by Gasteiger charge is -2.08. The summed E-state index contributed by atoms with van der Waals surface area (Å²) in [5.74, 6) is 0.986. The molecular weight excluding hydrogens is 396 g/mol. The Morgan fingerprint density at radius 3 is 2.55 bits per heavy atom. The topological polar surface area (TPSA) is 94.6 Å². The predicted octanol–water partition coefficient (Wildman–Crippen LogP) is 5.80. The highest BCUT2D eigenvalue weighted by molar-refractivity contribution is 6.31. The monoisotopic (exact) mass is 414 g/mol. The van der Waals surface area contributed by atoms with Crippen LogP contribution in [0.15, 0.2) is 59.0 Å². The maximum atomic E-state index is 12.4. The van der Waals surface area contributed by atoms with Crippen molar-refractivity contribution >= 4 is 28.9 Å². The summed E-state index contributed by atoms with van der Waals surface area (Å²) in [4.78, 5) is 22.9. The lowest BCUT2D eigenvalue weighted by Crippen LogP contribution is -2.12. The number of carbonyl (C=O) groups excluding carboxylic acids is 1. The van der Waals surface area contributed by atoms with Crippen molar-refractivity contribution in [3.8, 4) is 5.75 Å². The Balaban J connectivity index is 1.64. The van der Waals surface area contributed by atoms with Crippen molar-refractivity contribution < 1.29 is 18.9 Å². The van der Waals surface area contributed by atoms with Gasteiger partial charge in [-0.2, -0.15) is 0 Å². The number of hydrogen-bond acceptors (Lipinski definition) is 5. The van der Waals surface area contributed by atoms with Gasteiger partial charge in [-0.05, 0) is 47.9 Å². The van der Waals surface area contributed by atoms with Gasteiger partial charge in [0.25, 0.3) is 11.6 Å². The van der Waals surface area contributed by atoms with Crippen molar-refractivity contribution in [2.24, 2.45) is 0 Å². The number of hydrogen-bond donors (Lipinski definition) is 1. The van der Waals surface area contributed by atoms with Crippen LogP contribution in [0.3, 0.4) is 0 Å². The lowest BCUT2D eigenvalue weighted by atomic mass is 10.0. The molecular formula is C21H19ClN2O5. The molecule has 0 bridgehead atoms. The summed E-state index contributed by atoms with van der Waals surface area (Å²) in [6, 6.07) is 14.9. The third-order valence-electron chi connectivity index (χ3n) is 4.22. The fourth-order valence-corrected chi connectivity index (χ4v) is 2.79. The van der Waals surface area contributed by atoms with Crippen LogP contribution in [0.2, 0.25) is 5.02 Å². The third kappa shape index (κ3) is 5.14. The maximum Gasteiger partial charge on any atom is 0.294 e. The molecule has 29 heavy (non-hydrogen) atoms. The first-order valence-electron chi connectivity index (χ1n) is 8.90. The van der Waals surface area contributed by atoms with Crippen LogP contribution in [0.25, 0.3) is 0 Å². The first-order valence-corrected chi connectivity index (χ1v) is 9.28. The molecule has 0 atom stereocenters. The third-order valence-corrected chi connectivity index (χ3v) is 4.45. The number of amides is 1. The number of carbonyl (C=O) groups is 1. The highest BCUT2D eigenvalue weighted by Crippen LogP contribution is 2.28. The molecule has 0 aliphatic heterocycles. The van der Waals surface area contributed by atoms with Crippen molar-refractivity contribution in [3.63, 3.8) is 0 Å².